The van der Waals surface area contributed by atoms with Crippen LogP contribution in [0.15, 0.2) is 52.5 Å². The summed E-state index contributed by atoms with van der Waals surface area (Å²) in [5.74, 6) is 1.25. The van der Waals surface area contributed by atoms with Crippen LogP contribution in [0.5, 0.6) is 5.75 Å². The Morgan fingerprint density at radius 2 is 2.18 bits per heavy atom. The molecule has 110 valence electrons. The molecule has 2 aromatic heterocycles. The Balaban J connectivity index is 1.78. The van der Waals surface area contributed by atoms with Crippen molar-refractivity contribution in [1.82, 2.24) is 15.0 Å². The lowest BCUT2D eigenvalue weighted by atomic mass is 10.2. The van der Waals surface area contributed by atoms with Gasteiger partial charge in [-0.15, -0.1) is 0 Å². The number of hydrogen-bond acceptors (Lipinski definition) is 6. The summed E-state index contributed by atoms with van der Waals surface area (Å²) in [4.78, 5) is 21.6. The van der Waals surface area contributed by atoms with E-state index in [1.165, 1.54) is 6.20 Å². The number of aromatic amines is 1. The number of pyridine rings is 1. The second-order valence-electron chi connectivity index (χ2n) is 4.45. The van der Waals surface area contributed by atoms with Gasteiger partial charge in [0.15, 0.2) is 0 Å². The second-order valence-corrected chi connectivity index (χ2v) is 4.45. The maximum atomic E-state index is 11.0. The molecule has 2 N–H and O–H groups in total. The molecule has 0 aliphatic heterocycles. The van der Waals surface area contributed by atoms with Crippen LogP contribution in [0.4, 0.5) is 5.82 Å². The van der Waals surface area contributed by atoms with Gasteiger partial charge in [0.05, 0.1) is 24.5 Å². The van der Waals surface area contributed by atoms with Crippen molar-refractivity contribution in [2.45, 2.75) is 0 Å². The van der Waals surface area contributed by atoms with Crippen molar-refractivity contribution in [2.24, 2.45) is 5.10 Å². The minimum Gasteiger partial charge on any atom is -0.497 e. The smallest absolute Gasteiger partial charge is 0.346 e. The van der Waals surface area contributed by atoms with Crippen molar-refractivity contribution >= 4 is 22.9 Å². The number of fused-ring (bicyclic) bond motifs is 1. The Kier molecular flexibility index (Phi) is 3.78. The van der Waals surface area contributed by atoms with Crippen LogP contribution in [0.2, 0.25) is 0 Å². The van der Waals surface area contributed by atoms with Gasteiger partial charge in [0, 0.05) is 11.6 Å². The number of ether oxygens (including phenoxy) is 1. The van der Waals surface area contributed by atoms with Crippen LogP contribution in [0.1, 0.15) is 5.69 Å². The van der Waals surface area contributed by atoms with Gasteiger partial charge in [0.25, 0.3) is 0 Å². The summed E-state index contributed by atoms with van der Waals surface area (Å²) in [7, 11) is 1.63. The molecule has 0 saturated carbocycles. The Morgan fingerprint density at radius 3 is 3.00 bits per heavy atom. The first kappa shape index (κ1) is 13.7. The van der Waals surface area contributed by atoms with E-state index in [0.717, 1.165) is 16.7 Å². The standard InChI is InChI=1S/C15H13N5O2/c1-22-12-4-5-13-10(8-12)2-3-11(18-13)9-17-20-14-6-7-16-15(21)19-14/h2-9H,1H3,(H2,16,19,20,21)/b17-9-. The van der Waals surface area contributed by atoms with Crippen LogP contribution >= 0.6 is 0 Å². The van der Waals surface area contributed by atoms with Gasteiger partial charge in [-0.05, 0) is 30.3 Å². The highest BCUT2D eigenvalue weighted by Gasteiger charge is 1.99. The van der Waals surface area contributed by atoms with Crippen molar-refractivity contribution in [3.63, 3.8) is 0 Å². The lowest BCUT2D eigenvalue weighted by Crippen LogP contribution is -2.10. The van der Waals surface area contributed by atoms with Crippen LogP contribution < -0.4 is 15.9 Å². The van der Waals surface area contributed by atoms with Gasteiger partial charge < -0.3 is 4.74 Å². The molecule has 0 bridgehead atoms. The first-order chi connectivity index (χ1) is 10.7. The third kappa shape index (κ3) is 3.09. The maximum Gasteiger partial charge on any atom is 0.346 e. The van der Waals surface area contributed by atoms with Gasteiger partial charge in [0.1, 0.15) is 11.6 Å². The number of H-pyrrole nitrogens is 1. The third-order valence-electron chi connectivity index (χ3n) is 2.97. The van der Waals surface area contributed by atoms with E-state index < -0.39 is 5.69 Å². The van der Waals surface area contributed by atoms with Crippen molar-refractivity contribution in [3.8, 4) is 5.75 Å². The zero-order chi connectivity index (χ0) is 15.4. The summed E-state index contributed by atoms with van der Waals surface area (Å²) < 4.78 is 5.18. The van der Waals surface area contributed by atoms with E-state index in [1.54, 1.807) is 19.4 Å². The van der Waals surface area contributed by atoms with Gasteiger partial charge >= 0.3 is 5.69 Å². The number of methoxy groups -OCH3 is 1. The topological polar surface area (TPSA) is 92.3 Å². The van der Waals surface area contributed by atoms with Gasteiger partial charge in [-0.2, -0.15) is 5.10 Å². The van der Waals surface area contributed by atoms with E-state index >= 15 is 0 Å². The first-order valence-electron chi connectivity index (χ1n) is 6.54. The summed E-state index contributed by atoms with van der Waals surface area (Å²) in [5, 5.41) is 5.02. The van der Waals surface area contributed by atoms with Crippen LogP contribution in [-0.2, 0) is 0 Å². The molecule has 0 aliphatic rings. The fourth-order valence-electron chi connectivity index (χ4n) is 1.92. The molecule has 2 heterocycles. The molecule has 3 rings (SSSR count). The highest BCUT2D eigenvalue weighted by Crippen LogP contribution is 2.19. The maximum absolute atomic E-state index is 11.0. The van der Waals surface area contributed by atoms with E-state index in [1.807, 2.05) is 30.3 Å². The third-order valence-corrected chi connectivity index (χ3v) is 2.97. The lowest BCUT2D eigenvalue weighted by Gasteiger charge is -2.02. The largest absolute Gasteiger partial charge is 0.497 e. The molecule has 3 aromatic rings. The number of rotatable bonds is 4. The zero-order valence-electron chi connectivity index (χ0n) is 11.8. The Bertz CT molecular complexity index is 888. The zero-order valence-corrected chi connectivity index (χ0v) is 11.8. The lowest BCUT2D eigenvalue weighted by molar-refractivity contribution is 0.415. The normalized spacial score (nSPS) is 11.0. The molecule has 22 heavy (non-hydrogen) atoms. The molecule has 0 fully saturated rings. The number of benzene rings is 1. The fourth-order valence-corrected chi connectivity index (χ4v) is 1.92. The van der Waals surface area contributed by atoms with Crippen LogP contribution in [-0.4, -0.2) is 28.3 Å². The molecular weight excluding hydrogens is 282 g/mol. The average Bonchev–Trinajstić information content (AvgIpc) is 2.54. The minimum absolute atomic E-state index is 0.432. The number of hydrogen-bond donors (Lipinski definition) is 2. The summed E-state index contributed by atoms with van der Waals surface area (Å²) in [6, 6.07) is 11.1. The molecule has 0 spiro atoms. The Morgan fingerprint density at radius 1 is 1.27 bits per heavy atom. The first-order valence-corrected chi connectivity index (χ1v) is 6.54. The summed E-state index contributed by atoms with van der Waals surface area (Å²) >= 11 is 0. The Labute approximate surface area is 125 Å². The molecular formula is C15H13N5O2. The summed E-state index contributed by atoms with van der Waals surface area (Å²) in [6.07, 6.45) is 2.97. The van der Waals surface area contributed by atoms with Crippen molar-refractivity contribution in [3.05, 3.63) is 58.8 Å². The second kappa shape index (κ2) is 6.04. The average molecular weight is 295 g/mol. The Hall–Kier alpha value is -3.22. The van der Waals surface area contributed by atoms with E-state index in [0.29, 0.717) is 11.5 Å². The molecule has 0 saturated heterocycles. The monoisotopic (exact) mass is 295 g/mol. The SMILES string of the molecule is COc1ccc2nc(/C=N\Nc3ccnc(=O)[nH]3)ccc2c1. The van der Waals surface area contributed by atoms with Crippen LogP contribution in [0.3, 0.4) is 0 Å². The van der Waals surface area contributed by atoms with Gasteiger partial charge in [0.2, 0.25) is 0 Å². The van der Waals surface area contributed by atoms with Gasteiger partial charge in [-0.3, -0.25) is 10.4 Å². The molecule has 0 radical (unpaired) electrons. The van der Waals surface area contributed by atoms with Crippen molar-refractivity contribution in [2.75, 3.05) is 12.5 Å². The fraction of sp³-hybridized carbons (Fsp3) is 0.0667. The van der Waals surface area contributed by atoms with E-state index in [2.05, 4.69) is 25.5 Å². The van der Waals surface area contributed by atoms with Crippen molar-refractivity contribution in [1.29, 1.82) is 0 Å². The molecule has 7 heteroatoms. The number of hydrazone groups is 1. The quantitative estimate of drug-likeness (QED) is 0.565. The number of anilines is 1. The van der Waals surface area contributed by atoms with E-state index in [-0.39, 0.29) is 0 Å². The molecule has 7 nitrogen and oxygen atoms in total. The van der Waals surface area contributed by atoms with Crippen LogP contribution in [0, 0.1) is 0 Å². The highest BCUT2D eigenvalue weighted by molar-refractivity contribution is 5.86. The minimum atomic E-state index is -0.432. The van der Waals surface area contributed by atoms with Gasteiger partial charge in [-0.1, -0.05) is 6.07 Å². The van der Waals surface area contributed by atoms with E-state index in [9.17, 15) is 4.79 Å². The predicted molar refractivity (Wildman–Crippen MR) is 84.4 cm³/mol. The van der Waals surface area contributed by atoms with Crippen LogP contribution in [0.25, 0.3) is 10.9 Å². The van der Waals surface area contributed by atoms with Crippen molar-refractivity contribution < 1.29 is 4.74 Å². The van der Waals surface area contributed by atoms with E-state index in [4.69, 9.17) is 4.74 Å². The highest BCUT2D eigenvalue weighted by atomic mass is 16.5. The molecule has 0 atom stereocenters. The molecule has 0 aliphatic carbocycles. The van der Waals surface area contributed by atoms with Gasteiger partial charge in [-0.25, -0.2) is 14.8 Å². The summed E-state index contributed by atoms with van der Waals surface area (Å²) in [5.41, 5.74) is 3.83. The number of aromatic nitrogens is 3. The molecule has 0 amide bonds. The molecule has 1 aromatic carbocycles. The number of nitrogens with zero attached hydrogens (tertiary/aromatic N) is 3. The predicted octanol–water partition coefficient (Wildman–Crippen LogP) is 1.77. The number of nitrogens with one attached hydrogen (secondary N) is 2. The molecule has 0 unspecified atom stereocenters. The summed E-state index contributed by atoms with van der Waals surface area (Å²) in [6.45, 7) is 0.